The SMILES string of the molecule is NC(=O)[C@@H]1[C@@H]2C(=O)N(c3ccc(Cl)c(C(F)(F)F)c3)C(=O)[C@H]2[C@@H]2c3ccccc3C=CN12. The second-order valence-electron chi connectivity index (χ2n) is 7.91. The predicted molar refractivity (Wildman–Crippen MR) is 109 cm³/mol. The Bertz CT molecular complexity index is 1210. The van der Waals surface area contributed by atoms with Crippen LogP contribution in [0.2, 0.25) is 5.02 Å². The molecule has 3 heterocycles. The van der Waals surface area contributed by atoms with E-state index in [0.717, 1.165) is 22.1 Å². The zero-order valence-corrected chi connectivity index (χ0v) is 17.0. The molecular weight excluding hydrogens is 447 g/mol. The molecule has 0 spiro atoms. The Hall–Kier alpha value is -3.33. The third kappa shape index (κ3) is 2.77. The molecule has 32 heavy (non-hydrogen) atoms. The second-order valence-corrected chi connectivity index (χ2v) is 8.32. The first kappa shape index (κ1) is 20.6. The summed E-state index contributed by atoms with van der Waals surface area (Å²) in [6, 6.07) is 8.31. The lowest BCUT2D eigenvalue weighted by Crippen LogP contribution is -2.46. The van der Waals surface area contributed by atoms with Crippen LogP contribution < -0.4 is 10.6 Å². The first-order chi connectivity index (χ1) is 15.1. The van der Waals surface area contributed by atoms with E-state index in [1.807, 2.05) is 12.1 Å². The topological polar surface area (TPSA) is 83.7 Å². The van der Waals surface area contributed by atoms with Gasteiger partial charge in [-0.15, -0.1) is 0 Å². The van der Waals surface area contributed by atoms with E-state index >= 15 is 0 Å². The number of nitrogens with two attached hydrogens (primary N) is 1. The molecule has 0 bridgehead atoms. The average Bonchev–Trinajstić information content (AvgIpc) is 3.21. The summed E-state index contributed by atoms with van der Waals surface area (Å²) in [6.07, 6.45) is -1.37. The highest BCUT2D eigenvalue weighted by molar-refractivity contribution is 6.31. The minimum Gasteiger partial charge on any atom is -0.368 e. The predicted octanol–water partition coefficient (Wildman–Crippen LogP) is 3.36. The van der Waals surface area contributed by atoms with Crippen LogP contribution in [0.1, 0.15) is 22.7 Å². The number of benzene rings is 2. The molecule has 164 valence electrons. The Kier molecular flexibility index (Phi) is 4.39. The molecule has 3 amide bonds. The summed E-state index contributed by atoms with van der Waals surface area (Å²) < 4.78 is 40.0. The molecule has 2 fully saturated rings. The number of nitrogens with zero attached hydrogens (tertiary/aromatic N) is 2. The number of carbonyl (C=O) groups excluding carboxylic acids is 3. The highest BCUT2D eigenvalue weighted by atomic mass is 35.5. The van der Waals surface area contributed by atoms with E-state index in [4.69, 9.17) is 17.3 Å². The van der Waals surface area contributed by atoms with Gasteiger partial charge in [-0.2, -0.15) is 13.2 Å². The molecule has 4 atom stereocenters. The standard InChI is InChI=1S/C22H15ClF3N3O3/c23-14-6-5-11(9-13(14)22(24,25)26)29-20(31)15-16(21(29)32)18(19(27)30)28-8-7-10-3-1-2-4-12(10)17(15)28/h1-9,15-18H,(H2,27,30)/t15-,16-,17+,18+/m1/s1. The zero-order chi connectivity index (χ0) is 22.9. The van der Waals surface area contributed by atoms with Crippen molar-refractivity contribution in [3.8, 4) is 0 Å². The van der Waals surface area contributed by atoms with Crippen LogP contribution in [0.5, 0.6) is 0 Å². The number of hydrogen-bond donors (Lipinski definition) is 1. The van der Waals surface area contributed by atoms with Crippen LogP contribution in [0.3, 0.4) is 0 Å². The molecule has 3 aliphatic heterocycles. The van der Waals surface area contributed by atoms with Gasteiger partial charge in [0, 0.05) is 6.20 Å². The minimum absolute atomic E-state index is 0.250. The van der Waals surface area contributed by atoms with Crippen molar-refractivity contribution in [1.82, 2.24) is 4.90 Å². The largest absolute Gasteiger partial charge is 0.417 e. The molecule has 3 aliphatic rings. The van der Waals surface area contributed by atoms with Gasteiger partial charge < -0.3 is 10.6 Å². The molecule has 0 radical (unpaired) electrons. The van der Waals surface area contributed by atoms with Crippen LogP contribution in [-0.2, 0) is 20.6 Å². The Morgan fingerprint density at radius 1 is 1.03 bits per heavy atom. The number of amides is 3. The number of imide groups is 1. The number of rotatable bonds is 2. The molecular formula is C22H15ClF3N3O3. The average molecular weight is 462 g/mol. The van der Waals surface area contributed by atoms with Gasteiger partial charge in [-0.05, 0) is 35.4 Å². The normalized spacial score (nSPS) is 26.2. The van der Waals surface area contributed by atoms with E-state index in [1.165, 1.54) is 6.07 Å². The molecule has 2 saturated heterocycles. The highest BCUT2D eigenvalue weighted by Gasteiger charge is 2.64. The van der Waals surface area contributed by atoms with Crippen LogP contribution in [0, 0.1) is 11.8 Å². The zero-order valence-electron chi connectivity index (χ0n) is 16.2. The second kappa shape index (κ2) is 6.83. The molecule has 2 N–H and O–H groups in total. The number of fused-ring (bicyclic) bond motifs is 5. The Balaban J connectivity index is 1.63. The molecule has 2 aromatic carbocycles. The van der Waals surface area contributed by atoms with E-state index in [-0.39, 0.29) is 5.69 Å². The Morgan fingerprint density at radius 3 is 2.41 bits per heavy atom. The van der Waals surface area contributed by atoms with Gasteiger partial charge in [0.25, 0.3) is 0 Å². The van der Waals surface area contributed by atoms with Gasteiger partial charge >= 0.3 is 6.18 Å². The molecule has 0 unspecified atom stereocenters. The molecule has 5 rings (SSSR count). The van der Waals surface area contributed by atoms with Crippen molar-refractivity contribution in [1.29, 1.82) is 0 Å². The first-order valence-corrected chi connectivity index (χ1v) is 10.1. The fraction of sp³-hybridized carbons (Fsp3) is 0.227. The van der Waals surface area contributed by atoms with Crippen LogP contribution in [0.4, 0.5) is 18.9 Å². The van der Waals surface area contributed by atoms with Crippen LogP contribution in [0.15, 0.2) is 48.7 Å². The maximum absolute atomic E-state index is 13.5. The lowest BCUT2D eigenvalue weighted by atomic mass is 9.84. The van der Waals surface area contributed by atoms with Gasteiger partial charge in [-0.1, -0.05) is 35.9 Å². The Labute approximate surface area is 185 Å². The van der Waals surface area contributed by atoms with E-state index in [2.05, 4.69) is 0 Å². The molecule has 0 aliphatic carbocycles. The van der Waals surface area contributed by atoms with Gasteiger partial charge in [-0.3, -0.25) is 14.4 Å². The number of anilines is 1. The summed E-state index contributed by atoms with van der Waals surface area (Å²) in [5.41, 5.74) is 5.76. The molecule has 0 saturated carbocycles. The fourth-order valence-electron chi connectivity index (χ4n) is 5.01. The smallest absolute Gasteiger partial charge is 0.368 e. The van der Waals surface area contributed by atoms with Crippen LogP contribution in [-0.4, -0.2) is 28.7 Å². The number of halogens is 4. The van der Waals surface area contributed by atoms with E-state index in [0.29, 0.717) is 6.07 Å². The number of hydrogen-bond acceptors (Lipinski definition) is 4. The van der Waals surface area contributed by atoms with Crippen molar-refractivity contribution in [2.24, 2.45) is 17.6 Å². The number of alkyl halides is 3. The van der Waals surface area contributed by atoms with Crippen molar-refractivity contribution in [2.45, 2.75) is 18.3 Å². The van der Waals surface area contributed by atoms with Gasteiger partial charge in [0.2, 0.25) is 17.7 Å². The summed E-state index contributed by atoms with van der Waals surface area (Å²) in [5.74, 6) is -4.33. The summed E-state index contributed by atoms with van der Waals surface area (Å²) in [7, 11) is 0. The minimum atomic E-state index is -4.77. The van der Waals surface area contributed by atoms with Crippen molar-refractivity contribution in [3.63, 3.8) is 0 Å². The Morgan fingerprint density at radius 2 is 1.72 bits per heavy atom. The van der Waals surface area contributed by atoms with Crippen LogP contribution in [0.25, 0.3) is 6.08 Å². The molecule has 6 nitrogen and oxygen atoms in total. The maximum atomic E-state index is 13.5. The summed E-state index contributed by atoms with van der Waals surface area (Å²) >= 11 is 5.68. The quantitative estimate of drug-likeness (QED) is 0.695. The number of primary amides is 1. The van der Waals surface area contributed by atoms with Crippen molar-refractivity contribution >= 4 is 41.1 Å². The van der Waals surface area contributed by atoms with E-state index < -0.39 is 58.4 Å². The highest BCUT2D eigenvalue weighted by Crippen LogP contribution is 2.53. The maximum Gasteiger partial charge on any atom is 0.417 e. The first-order valence-electron chi connectivity index (χ1n) is 9.69. The summed E-state index contributed by atoms with van der Waals surface area (Å²) in [6.45, 7) is 0. The lowest BCUT2D eigenvalue weighted by molar-refractivity contribution is -0.137. The monoisotopic (exact) mass is 461 g/mol. The van der Waals surface area contributed by atoms with Gasteiger partial charge in [0.15, 0.2) is 0 Å². The van der Waals surface area contributed by atoms with Crippen molar-refractivity contribution < 1.29 is 27.6 Å². The van der Waals surface area contributed by atoms with Crippen LogP contribution >= 0.6 is 11.6 Å². The van der Waals surface area contributed by atoms with E-state index in [9.17, 15) is 27.6 Å². The number of carbonyl (C=O) groups is 3. The molecule has 2 aromatic rings. The summed E-state index contributed by atoms with van der Waals surface area (Å²) in [4.78, 5) is 41.5. The van der Waals surface area contributed by atoms with Crippen molar-refractivity contribution in [3.05, 3.63) is 70.4 Å². The summed E-state index contributed by atoms with van der Waals surface area (Å²) in [5, 5.41) is -0.548. The fourth-order valence-corrected chi connectivity index (χ4v) is 5.23. The van der Waals surface area contributed by atoms with E-state index in [1.54, 1.807) is 29.3 Å². The van der Waals surface area contributed by atoms with Gasteiger partial charge in [0.05, 0.1) is 34.2 Å². The van der Waals surface area contributed by atoms with Crippen molar-refractivity contribution in [2.75, 3.05) is 4.90 Å². The lowest BCUT2D eigenvalue weighted by Gasteiger charge is -2.34. The molecule has 0 aromatic heterocycles. The molecule has 10 heteroatoms. The van der Waals surface area contributed by atoms with Gasteiger partial charge in [0.1, 0.15) is 6.04 Å². The third-order valence-corrected chi connectivity index (χ3v) is 6.60. The van der Waals surface area contributed by atoms with Gasteiger partial charge in [-0.25, -0.2) is 4.90 Å². The third-order valence-electron chi connectivity index (χ3n) is 6.27.